The van der Waals surface area contributed by atoms with Crippen LogP contribution in [-0.2, 0) is 10.2 Å². The number of alkyl halides is 2. The van der Waals surface area contributed by atoms with Crippen molar-refractivity contribution in [3.8, 4) is 0 Å². The zero-order chi connectivity index (χ0) is 9.97. The molecule has 0 aromatic heterocycles. The van der Waals surface area contributed by atoms with Crippen LogP contribution in [0.2, 0.25) is 0 Å². The predicted molar refractivity (Wildman–Crippen MR) is 55.8 cm³/mol. The lowest BCUT2D eigenvalue weighted by atomic mass is 9.98. The second kappa shape index (κ2) is 2.26. The van der Waals surface area contributed by atoms with Crippen LogP contribution in [-0.4, -0.2) is 10.2 Å². The lowest BCUT2D eigenvalue weighted by Crippen LogP contribution is -2.24. The van der Waals surface area contributed by atoms with Crippen LogP contribution < -0.4 is 5.32 Å². The lowest BCUT2D eigenvalue weighted by Gasteiger charge is -2.07. The molecule has 1 amide bonds. The second-order valence-electron chi connectivity index (χ2n) is 3.79. The van der Waals surface area contributed by atoms with E-state index >= 15 is 0 Å². The van der Waals surface area contributed by atoms with E-state index in [0.29, 0.717) is 6.42 Å². The molecule has 1 aromatic rings. The number of hydrogen-bond donors (Lipinski definition) is 1. The van der Waals surface area contributed by atoms with E-state index in [1.807, 2.05) is 24.3 Å². The average Bonchev–Trinajstić information content (AvgIpc) is 2.59. The van der Waals surface area contributed by atoms with Gasteiger partial charge in [-0.2, -0.15) is 0 Å². The number of nitrogens with one attached hydrogen (secondary N) is 1. The standard InChI is InChI=1S/C10H7Cl2NO/c11-10(12)5-9(10)6-3-1-2-4-7(6)13-8(9)14/h1-4H,5H2,(H,13,14)/t9-/m1/s1. The van der Waals surface area contributed by atoms with Crippen molar-refractivity contribution in [2.75, 3.05) is 5.32 Å². The minimum absolute atomic E-state index is 0.0799. The summed E-state index contributed by atoms with van der Waals surface area (Å²) in [5.41, 5.74) is 1.07. The Morgan fingerprint density at radius 3 is 2.57 bits per heavy atom. The summed E-state index contributed by atoms with van der Waals surface area (Å²) < 4.78 is -0.927. The Hall–Kier alpha value is -0.730. The second-order valence-corrected chi connectivity index (χ2v) is 5.27. The molecule has 1 aromatic carbocycles. The third-order valence-electron chi connectivity index (χ3n) is 3.01. The van der Waals surface area contributed by atoms with Crippen LogP contribution in [0.1, 0.15) is 12.0 Å². The largest absolute Gasteiger partial charge is 0.325 e. The fraction of sp³-hybridized carbons (Fsp3) is 0.300. The van der Waals surface area contributed by atoms with Gasteiger partial charge in [0.1, 0.15) is 9.75 Å². The van der Waals surface area contributed by atoms with Crippen LogP contribution in [0.3, 0.4) is 0 Å². The molecular weight excluding hydrogens is 221 g/mol. The van der Waals surface area contributed by atoms with Crippen molar-refractivity contribution in [2.45, 2.75) is 16.2 Å². The first-order valence-electron chi connectivity index (χ1n) is 4.37. The van der Waals surface area contributed by atoms with E-state index in [4.69, 9.17) is 23.2 Å². The van der Waals surface area contributed by atoms with Gasteiger partial charge >= 0.3 is 0 Å². The summed E-state index contributed by atoms with van der Waals surface area (Å²) in [6, 6.07) is 7.54. The summed E-state index contributed by atoms with van der Waals surface area (Å²) in [7, 11) is 0. The minimum atomic E-state index is -0.927. The molecule has 4 heteroatoms. The fourth-order valence-corrected chi connectivity index (χ4v) is 2.92. The predicted octanol–water partition coefficient (Wildman–Crippen LogP) is 2.45. The van der Waals surface area contributed by atoms with Gasteiger partial charge in [-0.1, -0.05) is 18.2 Å². The first-order chi connectivity index (χ1) is 6.58. The molecule has 1 spiro atoms. The molecule has 1 heterocycles. The zero-order valence-corrected chi connectivity index (χ0v) is 8.69. The van der Waals surface area contributed by atoms with E-state index in [1.54, 1.807) is 0 Å². The number of benzene rings is 1. The van der Waals surface area contributed by atoms with Crippen LogP contribution in [0.15, 0.2) is 24.3 Å². The van der Waals surface area contributed by atoms with Crippen molar-refractivity contribution in [1.82, 2.24) is 0 Å². The van der Waals surface area contributed by atoms with Crippen LogP contribution in [0, 0.1) is 0 Å². The molecule has 72 valence electrons. The van der Waals surface area contributed by atoms with Crippen molar-refractivity contribution in [3.05, 3.63) is 29.8 Å². The van der Waals surface area contributed by atoms with Crippen LogP contribution in [0.5, 0.6) is 0 Å². The molecule has 0 radical (unpaired) electrons. The van der Waals surface area contributed by atoms with E-state index in [0.717, 1.165) is 11.3 Å². The van der Waals surface area contributed by atoms with Crippen LogP contribution in [0.4, 0.5) is 5.69 Å². The monoisotopic (exact) mass is 227 g/mol. The molecule has 1 atom stereocenters. The van der Waals surface area contributed by atoms with Crippen molar-refractivity contribution >= 4 is 34.8 Å². The Kier molecular flexibility index (Phi) is 1.38. The topological polar surface area (TPSA) is 29.1 Å². The van der Waals surface area contributed by atoms with E-state index in [-0.39, 0.29) is 5.91 Å². The molecule has 1 aliphatic carbocycles. The van der Waals surface area contributed by atoms with E-state index in [1.165, 1.54) is 0 Å². The highest BCUT2D eigenvalue weighted by Crippen LogP contribution is 2.68. The molecule has 2 aliphatic rings. The number of para-hydroxylation sites is 1. The maximum absolute atomic E-state index is 11.8. The van der Waals surface area contributed by atoms with Gasteiger partial charge in [-0.3, -0.25) is 4.79 Å². The molecule has 14 heavy (non-hydrogen) atoms. The summed E-state index contributed by atoms with van der Waals surface area (Å²) in [5.74, 6) is -0.0799. The van der Waals surface area contributed by atoms with Gasteiger partial charge < -0.3 is 5.32 Å². The number of rotatable bonds is 0. The van der Waals surface area contributed by atoms with Crippen molar-refractivity contribution in [2.24, 2.45) is 0 Å². The van der Waals surface area contributed by atoms with E-state index in [9.17, 15) is 4.79 Å². The SMILES string of the molecule is O=C1Nc2ccccc2[C@]12CC2(Cl)Cl. The number of fused-ring (bicyclic) bond motifs is 2. The number of hydrogen-bond acceptors (Lipinski definition) is 1. The van der Waals surface area contributed by atoms with Gasteiger partial charge in [0.05, 0.1) is 0 Å². The van der Waals surface area contributed by atoms with Gasteiger partial charge in [0.25, 0.3) is 0 Å². The first kappa shape index (κ1) is 8.57. The highest BCUT2D eigenvalue weighted by molar-refractivity contribution is 6.55. The van der Waals surface area contributed by atoms with Crippen LogP contribution in [0.25, 0.3) is 0 Å². The van der Waals surface area contributed by atoms with E-state index in [2.05, 4.69) is 5.32 Å². The number of amides is 1. The third kappa shape index (κ3) is 0.771. The smallest absolute Gasteiger partial charge is 0.238 e. The molecule has 1 saturated carbocycles. The maximum atomic E-state index is 11.8. The van der Waals surface area contributed by atoms with Gasteiger partial charge in [0, 0.05) is 12.1 Å². The van der Waals surface area contributed by atoms with Gasteiger partial charge in [-0.15, -0.1) is 23.2 Å². The summed E-state index contributed by atoms with van der Waals surface area (Å²) in [4.78, 5) is 11.8. The Morgan fingerprint density at radius 1 is 1.29 bits per heavy atom. The molecule has 2 nitrogen and oxygen atoms in total. The molecule has 3 rings (SSSR count). The summed E-state index contributed by atoms with van der Waals surface area (Å²) >= 11 is 12.1. The number of carbonyl (C=O) groups is 1. The summed E-state index contributed by atoms with van der Waals surface area (Å²) in [6.45, 7) is 0. The number of halogens is 2. The fourth-order valence-electron chi connectivity index (χ4n) is 2.14. The lowest BCUT2D eigenvalue weighted by molar-refractivity contribution is -0.117. The minimum Gasteiger partial charge on any atom is -0.325 e. The Labute approximate surface area is 91.2 Å². The highest BCUT2D eigenvalue weighted by Gasteiger charge is 2.74. The highest BCUT2D eigenvalue weighted by atomic mass is 35.5. The normalized spacial score (nSPS) is 31.4. The molecule has 1 aliphatic heterocycles. The third-order valence-corrected chi connectivity index (χ3v) is 3.92. The maximum Gasteiger partial charge on any atom is 0.238 e. The Balaban J connectivity index is 2.23. The molecule has 1 N–H and O–H groups in total. The van der Waals surface area contributed by atoms with Crippen molar-refractivity contribution < 1.29 is 4.79 Å². The molecule has 0 saturated heterocycles. The van der Waals surface area contributed by atoms with Gasteiger partial charge in [-0.25, -0.2) is 0 Å². The molecular formula is C10H7Cl2NO. The van der Waals surface area contributed by atoms with Crippen LogP contribution >= 0.6 is 23.2 Å². The van der Waals surface area contributed by atoms with Crippen molar-refractivity contribution in [1.29, 1.82) is 0 Å². The van der Waals surface area contributed by atoms with Gasteiger partial charge in [0.15, 0.2) is 0 Å². The van der Waals surface area contributed by atoms with Gasteiger partial charge in [0.2, 0.25) is 5.91 Å². The Morgan fingerprint density at radius 2 is 1.93 bits per heavy atom. The number of carbonyl (C=O) groups excluding carboxylic acids is 1. The summed E-state index contributed by atoms with van der Waals surface area (Å²) in [5, 5.41) is 2.80. The van der Waals surface area contributed by atoms with E-state index < -0.39 is 9.75 Å². The summed E-state index contributed by atoms with van der Waals surface area (Å²) in [6.07, 6.45) is 0.506. The Bertz CT molecular complexity index is 444. The zero-order valence-electron chi connectivity index (χ0n) is 7.18. The molecule has 0 unspecified atom stereocenters. The molecule has 1 fully saturated rings. The van der Waals surface area contributed by atoms with Crippen molar-refractivity contribution in [3.63, 3.8) is 0 Å². The molecule has 0 bridgehead atoms. The number of anilines is 1. The average molecular weight is 228 g/mol. The first-order valence-corrected chi connectivity index (χ1v) is 5.12. The van der Waals surface area contributed by atoms with Gasteiger partial charge in [-0.05, 0) is 11.6 Å². The quantitative estimate of drug-likeness (QED) is 0.679.